The van der Waals surface area contributed by atoms with E-state index in [2.05, 4.69) is 21.9 Å². The Labute approximate surface area is 105 Å². The Morgan fingerprint density at radius 1 is 1.11 bits per heavy atom. The molecule has 5 heteroatoms. The summed E-state index contributed by atoms with van der Waals surface area (Å²) in [4.78, 5) is 2.69. The number of nitrogens with zero attached hydrogens (tertiary/aromatic N) is 3. The van der Waals surface area contributed by atoms with Crippen LogP contribution in [0.1, 0.15) is 5.56 Å². The first-order valence-corrected chi connectivity index (χ1v) is 5.07. The van der Waals surface area contributed by atoms with Crippen molar-refractivity contribution in [2.45, 2.75) is 6.54 Å². The smallest absolute Gasteiger partial charge is 0.148 e. The number of hydrogen-bond acceptors (Lipinski definition) is 3. The van der Waals surface area contributed by atoms with Gasteiger partial charge >= 0.3 is 0 Å². The maximum atomic E-state index is 8.29. The molecule has 0 N–H and O–H groups in total. The van der Waals surface area contributed by atoms with E-state index in [4.69, 9.17) is 27.9 Å². The second-order valence-electron chi connectivity index (χ2n) is 3.19. The topological polar surface area (TPSA) is 67.2 Å². The van der Waals surface area contributed by atoms with Gasteiger partial charge in [0, 0.05) is 11.0 Å². The maximum Gasteiger partial charge on any atom is 0.148 e. The molecule has 1 aromatic carbocycles. The van der Waals surface area contributed by atoms with Crippen molar-refractivity contribution in [3.63, 3.8) is 0 Å². The van der Waals surface area contributed by atoms with Crippen LogP contribution in [0.15, 0.2) is 23.3 Å². The molecular weight excluding hydrogens is 230 g/mol. The average molecular weight is 241 g/mol. The molecule has 0 atom stereocenters. The summed E-state index contributed by atoms with van der Waals surface area (Å²) in [5.74, 6) is 5.82. The van der Waals surface area contributed by atoms with Gasteiger partial charge in [0.05, 0.1) is 6.54 Å². The summed E-state index contributed by atoms with van der Waals surface area (Å²) >= 11 is 0. The van der Waals surface area contributed by atoms with Crippen LogP contribution < -0.4 is 9.47 Å². The Kier molecular flexibility index (Phi) is 5.56. The van der Waals surface area contributed by atoms with Gasteiger partial charge in [-0.15, -0.1) is 12.8 Å². The van der Waals surface area contributed by atoms with Crippen LogP contribution >= 0.6 is 0 Å². The molecule has 5 nitrogen and oxygen atoms in total. The summed E-state index contributed by atoms with van der Waals surface area (Å²) in [6.45, 7) is 0.509. The van der Waals surface area contributed by atoms with Crippen molar-refractivity contribution in [3.05, 3.63) is 34.2 Å². The lowest BCUT2D eigenvalue weighted by Gasteiger charge is -2.08. The molecule has 0 amide bonds. The van der Waals surface area contributed by atoms with E-state index < -0.39 is 0 Å². The molecule has 1 aromatic rings. The Morgan fingerprint density at radius 3 is 2.11 bits per heavy atom. The first-order chi connectivity index (χ1) is 8.80. The van der Waals surface area contributed by atoms with Gasteiger partial charge in [0.2, 0.25) is 0 Å². The minimum Gasteiger partial charge on any atom is -0.481 e. The highest BCUT2D eigenvalue weighted by atomic mass is 16.5. The molecule has 0 unspecified atom stereocenters. The van der Waals surface area contributed by atoms with E-state index in [0.29, 0.717) is 11.5 Å². The molecular formula is C13H11N3O2. The summed E-state index contributed by atoms with van der Waals surface area (Å²) in [5.41, 5.74) is 9.05. The van der Waals surface area contributed by atoms with Crippen LogP contribution in [0.2, 0.25) is 0 Å². The quantitative estimate of drug-likeness (QED) is 0.332. The molecule has 1 rings (SSSR count). The lowest BCUT2D eigenvalue weighted by Crippen LogP contribution is -1.98. The van der Waals surface area contributed by atoms with Gasteiger partial charge in [0.15, 0.2) is 0 Å². The van der Waals surface area contributed by atoms with Gasteiger partial charge in [-0.25, -0.2) is 0 Å². The Hall–Kier alpha value is -2.75. The first-order valence-electron chi connectivity index (χ1n) is 5.07. The lowest BCUT2D eigenvalue weighted by atomic mass is 10.2. The number of benzene rings is 1. The summed E-state index contributed by atoms with van der Waals surface area (Å²) in [7, 11) is 0. The molecule has 0 aliphatic carbocycles. The van der Waals surface area contributed by atoms with Crippen LogP contribution in [0.4, 0.5) is 0 Å². The van der Waals surface area contributed by atoms with E-state index in [1.807, 2.05) is 0 Å². The zero-order chi connectivity index (χ0) is 13.2. The monoisotopic (exact) mass is 241 g/mol. The number of hydrogen-bond donors (Lipinski definition) is 0. The number of terminal acetylenes is 2. The van der Waals surface area contributed by atoms with Crippen molar-refractivity contribution in [2.24, 2.45) is 5.11 Å². The van der Waals surface area contributed by atoms with E-state index in [0.717, 1.165) is 5.56 Å². The van der Waals surface area contributed by atoms with Gasteiger partial charge in [-0.2, -0.15) is 0 Å². The molecule has 0 aromatic heterocycles. The van der Waals surface area contributed by atoms with Crippen molar-refractivity contribution in [1.82, 2.24) is 0 Å². The fraction of sp³-hybridized carbons (Fsp3) is 0.231. The number of ether oxygens (including phenoxy) is 2. The Morgan fingerprint density at radius 2 is 1.67 bits per heavy atom. The van der Waals surface area contributed by atoms with Crippen LogP contribution in [0.25, 0.3) is 10.4 Å². The number of rotatable bonds is 6. The van der Waals surface area contributed by atoms with E-state index in [9.17, 15) is 0 Å². The molecule has 0 saturated heterocycles. The first kappa shape index (κ1) is 13.3. The molecule has 0 fully saturated rings. The molecule has 0 saturated carbocycles. The highest BCUT2D eigenvalue weighted by Gasteiger charge is 2.02. The molecule has 90 valence electrons. The fourth-order valence-corrected chi connectivity index (χ4v) is 1.25. The minimum atomic E-state index is 0.152. The minimum absolute atomic E-state index is 0.152. The van der Waals surface area contributed by atoms with Crippen LogP contribution in [-0.4, -0.2) is 13.2 Å². The molecule has 0 aliphatic rings. The van der Waals surface area contributed by atoms with Crippen molar-refractivity contribution in [1.29, 1.82) is 0 Å². The van der Waals surface area contributed by atoms with Gasteiger partial charge in [-0.3, -0.25) is 0 Å². The summed E-state index contributed by atoms with van der Waals surface area (Å²) < 4.78 is 10.6. The Bertz CT molecular complexity index is 498. The van der Waals surface area contributed by atoms with Crippen molar-refractivity contribution >= 4 is 0 Å². The highest BCUT2D eigenvalue weighted by molar-refractivity contribution is 5.38. The van der Waals surface area contributed by atoms with Gasteiger partial charge in [0.1, 0.15) is 24.7 Å². The standard InChI is InChI=1S/C13H11N3O2/c1-3-5-17-12-7-11(10-15-16-14)8-13(9-12)18-6-4-2/h1-2,7-9H,5-6,10H2. The predicted molar refractivity (Wildman–Crippen MR) is 67.9 cm³/mol. The van der Waals surface area contributed by atoms with Crippen LogP contribution in [0.5, 0.6) is 11.5 Å². The van der Waals surface area contributed by atoms with Crippen LogP contribution in [0.3, 0.4) is 0 Å². The van der Waals surface area contributed by atoms with Crippen LogP contribution in [-0.2, 0) is 6.54 Å². The number of azide groups is 1. The predicted octanol–water partition coefficient (Wildman–Crippen LogP) is 2.52. The third-order valence-electron chi connectivity index (χ3n) is 1.90. The second kappa shape index (κ2) is 7.51. The average Bonchev–Trinajstić information content (AvgIpc) is 2.40. The molecule has 0 heterocycles. The van der Waals surface area contributed by atoms with Gasteiger partial charge in [-0.1, -0.05) is 17.0 Å². The van der Waals surface area contributed by atoms with E-state index >= 15 is 0 Å². The SMILES string of the molecule is C#CCOc1cc(CN=[N+]=[N-])cc(OCC#C)c1. The fourth-order valence-electron chi connectivity index (χ4n) is 1.25. The molecule has 0 spiro atoms. The zero-order valence-electron chi connectivity index (χ0n) is 9.67. The lowest BCUT2D eigenvalue weighted by molar-refractivity contribution is 0.351. The molecule has 0 bridgehead atoms. The molecule has 0 radical (unpaired) electrons. The maximum absolute atomic E-state index is 8.29. The third-order valence-corrected chi connectivity index (χ3v) is 1.90. The highest BCUT2D eigenvalue weighted by Crippen LogP contribution is 2.23. The largest absolute Gasteiger partial charge is 0.481 e. The molecule has 18 heavy (non-hydrogen) atoms. The summed E-state index contributed by atoms with van der Waals surface area (Å²) in [5, 5.41) is 3.47. The van der Waals surface area contributed by atoms with Crippen molar-refractivity contribution in [3.8, 4) is 36.2 Å². The Balaban J connectivity index is 2.92. The van der Waals surface area contributed by atoms with Crippen molar-refractivity contribution in [2.75, 3.05) is 13.2 Å². The van der Waals surface area contributed by atoms with E-state index in [1.54, 1.807) is 18.2 Å². The third kappa shape index (κ3) is 4.40. The zero-order valence-corrected chi connectivity index (χ0v) is 9.67. The summed E-state index contributed by atoms with van der Waals surface area (Å²) in [6, 6.07) is 5.14. The second-order valence-corrected chi connectivity index (χ2v) is 3.19. The summed E-state index contributed by atoms with van der Waals surface area (Å²) in [6.07, 6.45) is 10.2. The van der Waals surface area contributed by atoms with Crippen LogP contribution in [0, 0.1) is 24.7 Å². The normalized spacial score (nSPS) is 8.56. The van der Waals surface area contributed by atoms with E-state index in [-0.39, 0.29) is 19.8 Å². The van der Waals surface area contributed by atoms with Gasteiger partial charge < -0.3 is 9.47 Å². The molecule has 0 aliphatic heterocycles. The van der Waals surface area contributed by atoms with Gasteiger partial charge in [0.25, 0.3) is 0 Å². The van der Waals surface area contributed by atoms with Gasteiger partial charge in [-0.05, 0) is 23.2 Å². The van der Waals surface area contributed by atoms with Crippen molar-refractivity contribution < 1.29 is 9.47 Å². The van der Waals surface area contributed by atoms with E-state index in [1.165, 1.54) is 0 Å².